The van der Waals surface area contributed by atoms with Crippen molar-refractivity contribution in [1.29, 1.82) is 0 Å². The number of hydrogen-bond donors (Lipinski definition) is 1. The maximum Gasteiger partial charge on any atom is 0.317 e. The van der Waals surface area contributed by atoms with E-state index in [1.807, 2.05) is 13.8 Å². The molecule has 1 aromatic rings. The van der Waals surface area contributed by atoms with Crippen molar-refractivity contribution in [2.24, 2.45) is 5.41 Å². The topological polar surface area (TPSA) is 85.9 Å². The van der Waals surface area contributed by atoms with Crippen LogP contribution in [0.3, 0.4) is 0 Å². The van der Waals surface area contributed by atoms with Crippen LogP contribution in [0.1, 0.15) is 30.8 Å². The van der Waals surface area contributed by atoms with Gasteiger partial charge in [0, 0.05) is 63.8 Å². The third kappa shape index (κ3) is 4.20. The number of pyridine rings is 1. The van der Waals surface area contributed by atoms with Gasteiger partial charge >= 0.3 is 6.03 Å². The first kappa shape index (κ1) is 19.1. The van der Waals surface area contributed by atoms with Crippen LogP contribution in [0.25, 0.3) is 0 Å². The normalized spacial score (nSPS) is 23.1. The van der Waals surface area contributed by atoms with Crippen LogP contribution in [0, 0.1) is 5.41 Å². The average Bonchev–Trinajstić information content (AvgIpc) is 2.79. The lowest BCUT2D eigenvalue weighted by molar-refractivity contribution is -0.126. The number of rotatable bonds is 2. The predicted octanol–water partition coefficient (Wildman–Crippen LogP) is 0.806. The molecule has 8 nitrogen and oxygen atoms in total. The van der Waals surface area contributed by atoms with E-state index in [1.54, 1.807) is 46.1 Å². The molecule has 0 bridgehead atoms. The number of hydrogen-bond acceptors (Lipinski definition) is 4. The van der Waals surface area contributed by atoms with Gasteiger partial charge in [-0.25, -0.2) is 4.79 Å². The third-order valence-electron chi connectivity index (χ3n) is 5.09. The van der Waals surface area contributed by atoms with E-state index in [0.29, 0.717) is 44.8 Å². The number of amides is 4. The Morgan fingerprint density at radius 1 is 1.15 bits per heavy atom. The Morgan fingerprint density at radius 2 is 1.85 bits per heavy atom. The number of nitrogens with one attached hydrogen (secondary N) is 1. The van der Waals surface area contributed by atoms with Crippen molar-refractivity contribution in [3.8, 4) is 0 Å². The number of carbonyl (C=O) groups is 3. The highest BCUT2D eigenvalue weighted by molar-refractivity contribution is 5.92. The SMILES string of the molecule is CC(C)NC(=O)N1CCN(C(=O)c2ccccn2)CC2(CC(=O)N(C)C2)C1. The Balaban J connectivity index is 1.85. The highest BCUT2D eigenvalue weighted by Gasteiger charge is 2.47. The first-order chi connectivity index (χ1) is 12.8. The zero-order valence-electron chi connectivity index (χ0n) is 16.1. The Labute approximate surface area is 159 Å². The fraction of sp³-hybridized carbons (Fsp3) is 0.579. The summed E-state index contributed by atoms with van der Waals surface area (Å²) in [4.78, 5) is 47.1. The van der Waals surface area contributed by atoms with Crippen LogP contribution in [0.4, 0.5) is 4.79 Å². The van der Waals surface area contributed by atoms with E-state index in [2.05, 4.69) is 10.3 Å². The second-order valence-electron chi connectivity index (χ2n) is 7.89. The minimum absolute atomic E-state index is 0.0239. The van der Waals surface area contributed by atoms with Gasteiger partial charge in [0.1, 0.15) is 5.69 Å². The first-order valence-electron chi connectivity index (χ1n) is 9.29. The smallest absolute Gasteiger partial charge is 0.317 e. The number of aromatic nitrogens is 1. The van der Waals surface area contributed by atoms with Gasteiger partial charge in [0.15, 0.2) is 0 Å². The summed E-state index contributed by atoms with van der Waals surface area (Å²) in [7, 11) is 1.77. The maximum absolute atomic E-state index is 13.0. The molecule has 1 N–H and O–H groups in total. The van der Waals surface area contributed by atoms with Crippen molar-refractivity contribution in [2.45, 2.75) is 26.3 Å². The third-order valence-corrected chi connectivity index (χ3v) is 5.09. The lowest BCUT2D eigenvalue weighted by Gasteiger charge is -2.33. The summed E-state index contributed by atoms with van der Waals surface area (Å²) in [6.45, 7) is 6.09. The van der Waals surface area contributed by atoms with Gasteiger partial charge in [-0.3, -0.25) is 14.6 Å². The summed E-state index contributed by atoms with van der Waals surface area (Å²) in [6, 6.07) is 5.11. The van der Waals surface area contributed by atoms with Crippen molar-refractivity contribution in [3.05, 3.63) is 30.1 Å². The van der Waals surface area contributed by atoms with Crippen LogP contribution in [0.2, 0.25) is 0 Å². The predicted molar refractivity (Wildman–Crippen MR) is 100 cm³/mol. The number of likely N-dealkylation sites (tertiary alicyclic amines) is 1. The number of urea groups is 1. The number of carbonyl (C=O) groups excluding carboxylic acids is 3. The average molecular weight is 373 g/mol. The molecule has 146 valence electrons. The minimum atomic E-state index is -0.457. The summed E-state index contributed by atoms with van der Waals surface area (Å²) < 4.78 is 0. The van der Waals surface area contributed by atoms with E-state index in [4.69, 9.17) is 0 Å². The number of nitrogens with zero attached hydrogens (tertiary/aromatic N) is 4. The maximum atomic E-state index is 13.0. The van der Waals surface area contributed by atoms with E-state index in [1.165, 1.54) is 0 Å². The molecule has 2 aliphatic rings. The molecular weight excluding hydrogens is 346 g/mol. The molecule has 0 aromatic carbocycles. The highest BCUT2D eigenvalue weighted by atomic mass is 16.2. The van der Waals surface area contributed by atoms with Crippen LogP contribution in [-0.4, -0.2) is 83.3 Å². The van der Waals surface area contributed by atoms with Crippen molar-refractivity contribution >= 4 is 17.8 Å². The molecule has 1 unspecified atom stereocenters. The monoisotopic (exact) mass is 373 g/mol. The Bertz CT molecular complexity index is 723. The molecule has 1 aromatic heterocycles. The van der Waals surface area contributed by atoms with Gasteiger partial charge in [-0.2, -0.15) is 0 Å². The zero-order chi connectivity index (χ0) is 19.6. The Kier molecular flexibility index (Phi) is 5.34. The molecule has 1 atom stereocenters. The summed E-state index contributed by atoms with van der Waals surface area (Å²) >= 11 is 0. The molecule has 3 rings (SSSR count). The fourth-order valence-electron chi connectivity index (χ4n) is 3.91. The van der Waals surface area contributed by atoms with Crippen molar-refractivity contribution in [2.75, 3.05) is 39.8 Å². The molecular formula is C19H27N5O3. The van der Waals surface area contributed by atoms with Gasteiger partial charge in [-0.1, -0.05) is 6.07 Å². The minimum Gasteiger partial charge on any atom is -0.345 e. The molecule has 2 fully saturated rings. The summed E-state index contributed by atoms with van der Waals surface area (Å²) in [5.74, 6) is -0.116. The quantitative estimate of drug-likeness (QED) is 0.831. The molecule has 2 saturated heterocycles. The lowest BCUT2D eigenvalue weighted by Crippen LogP contribution is -2.49. The van der Waals surface area contributed by atoms with E-state index in [9.17, 15) is 14.4 Å². The van der Waals surface area contributed by atoms with Crippen molar-refractivity contribution in [1.82, 2.24) is 25.0 Å². The van der Waals surface area contributed by atoms with Gasteiger partial charge in [0.2, 0.25) is 5.91 Å². The van der Waals surface area contributed by atoms with Crippen LogP contribution >= 0.6 is 0 Å². The molecule has 3 heterocycles. The highest BCUT2D eigenvalue weighted by Crippen LogP contribution is 2.34. The van der Waals surface area contributed by atoms with E-state index in [0.717, 1.165) is 0 Å². The Morgan fingerprint density at radius 3 is 2.44 bits per heavy atom. The fourth-order valence-corrected chi connectivity index (χ4v) is 3.91. The van der Waals surface area contributed by atoms with Crippen LogP contribution in [0.15, 0.2) is 24.4 Å². The molecule has 8 heteroatoms. The van der Waals surface area contributed by atoms with Crippen LogP contribution in [0.5, 0.6) is 0 Å². The van der Waals surface area contributed by atoms with Crippen molar-refractivity contribution in [3.63, 3.8) is 0 Å². The summed E-state index contributed by atoms with van der Waals surface area (Å²) in [5, 5.41) is 2.92. The standard InChI is InChI=1S/C19H27N5O3/c1-14(2)21-18(27)24-9-8-23(17(26)15-6-4-5-7-20-15)12-19(13-24)10-16(25)22(3)11-19/h4-7,14H,8-13H2,1-3H3,(H,21,27). The summed E-state index contributed by atoms with van der Waals surface area (Å²) in [5.41, 5.74) is -0.0772. The molecule has 4 amide bonds. The molecule has 0 aliphatic carbocycles. The van der Waals surface area contributed by atoms with E-state index >= 15 is 0 Å². The van der Waals surface area contributed by atoms with E-state index < -0.39 is 5.41 Å². The van der Waals surface area contributed by atoms with Gasteiger partial charge in [-0.15, -0.1) is 0 Å². The Hall–Kier alpha value is -2.64. The summed E-state index contributed by atoms with van der Waals surface area (Å²) in [6.07, 6.45) is 1.93. The first-order valence-corrected chi connectivity index (χ1v) is 9.29. The zero-order valence-corrected chi connectivity index (χ0v) is 16.1. The van der Waals surface area contributed by atoms with Gasteiger partial charge in [-0.05, 0) is 26.0 Å². The van der Waals surface area contributed by atoms with Crippen LogP contribution < -0.4 is 5.32 Å². The van der Waals surface area contributed by atoms with E-state index in [-0.39, 0.29) is 23.9 Å². The van der Waals surface area contributed by atoms with Crippen LogP contribution in [-0.2, 0) is 4.79 Å². The lowest BCUT2D eigenvalue weighted by atomic mass is 9.86. The molecule has 1 spiro atoms. The molecule has 0 saturated carbocycles. The second-order valence-corrected chi connectivity index (χ2v) is 7.89. The largest absolute Gasteiger partial charge is 0.345 e. The second kappa shape index (κ2) is 7.54. The van der Waals surface area contributed by atoms with Gasteiger partial charge in [0.05, 0.1) is 0 Å². The van der Waals surface area contributed by atoms with Gasteiger partial charge in [0.25, 0.3) is 5.91 Å². The van der Waals surface area contributed by atoms with Crippen molar-refractivity contribution < 1.29 is 14.4 Å². The molecule has 27 heavy (non-hydrogen) atoms. The molecule has 0 radical (unpaired) electrons. The molecule has 2 aliphatic heterocycles. The van der Waals surface area contributed by atoms with Gasteiger partial charge < -0.3 is 20.0 Å².